The van der Waals surface area contributed by atoms with Gasteiger partial charge in [0.05, 0.1) is 14.2 Å². The normalized spacial score (nSPS) is 14.5. The number of ketones is 1. The maximum absolute atomic E-state index is 12.6. The first-order valence-corrected chi connectivity index (χ1v) is 7.18. The lowest BCUT2D eigenvalue weighted by Crippen LogP contribution is -2.01. The van der Waals surface area contributed by atoms with E-state index in [9.17, 15) is 15.0 Å². The Kier molecular flexibility index (Phi) is 3.81. The standard InChI is InChI=1S/C18H16O6/c1-9-11(19)8-14-16(18(9)23-3)17(21)15(24-14)7-10-4-5-13(22-2)12(20)6-10/h4-8,19-20H,1-3H3/b15-7+. The molecule has 0 bridgehead atoms. The highest BCUT2D eigenvalue weighted by Gasteiger charge is 2.33. The molecule has 6 heteroatoms. The molecule has 0 aliphatic carbocycles. The van der Waals surface area contributed by atoms with Crippen molar-refractivity contribution in [3.05, 3.63) is 46.7 Å². The summed E-state index contributed by atoms with van der Waals surface area (Å²) in [5, 5.41) is 19.7. The van der Waals surface area contributed by atoms with Crippen molar-refractivity contribution < 1.29 is 29.2 Å². The summed E-state index contributed by atoms with van der Waals surface area (Å²) >= 11 is 0. The van der Waals surface area contributed by atoms with E-state index in [4.69, 9.17) is 14.2 Å². The molecule has 0 amide bonds. The SMILES string of the molecule is COc1ccc(/C=C2/Oc3cc(O)c(C)c(OC)c3C2=O)cc1O. The van der Waals surface area contributed by atoms with Gasteiger partial charge in [-0.1, -0.05) is 6.07 Å². The van der Waals surface area contributed by atoms with Crippen molar-refractivity contribution >= 4 is 11.9 Å². The van der Waals surface area contributed by atoms with E-state index in [1.54, 1.807) is 19.1 Å². The number of aromatic hydroxyl groups is 2. The summed E-state index contributed by atoms with van der Waals surface area (Å²) in [4.78, 5) is 12.6. The molecule has 0 atom stereocenters. The van der Waals surface area contributed by atoms with E-state index in [0.29, 0.717) is 16.9 Å². The largest absolute Gasteiger partial charge is 0.507 e. The number of hydrogen-bond acceptors (Lipinski definition) is 6. The molecule has 0 spiro atoms. The van der Waals surface area contributed by atoms with E-state index in [1.807, 2.05) is 0 Å². The lowest BCUT2D eigenvalue weighted by Gasteiger charge is -2.09. The van der Waals surface area contributed by atoms with Crippen LogP contribution in [0, 0.1) is 6.92 Å². The highest BCUT2D eigenvalue weighted by Crippen LogP contribution is 2.44. The number of benzene rings is 2. The fourth-order valence-corrected chi connectivity index (χ4v) is 2.60. The summed E-state index contributed by atoms with van der Waals surface area (Å²) in [5.41, 5.74) is 1.32. The zero-order valence-corrected chi connectivity index (χ0v) is 13.4. The molecule has 1 aliphatic heterocycles. The van der Waals surface area contributed by atoms with Gasteiger partial charge in [0.15, 0.2) is 17.3 Å². The monoisotopic (exact) mass is 328 g/mol. The number of hydrogen-bond donors (Lipinski definition) is 2. The Morgan fingerprint density at radius 2 is 1.83 bits per heavy atom. The number of phenols is 2. The van der Waals surface area contributed by atoms with Crippen LogP contribution in [0.1, 0.15) is 21.5 Å². The lowest BCUT2D eigenvalue weighted by atomic mass is 10.0. The minimum atomic E-state index is -0.347. The zero-order chi connectivity index (χ0) is 17.4. The molecule has 1 aliphatic rings. The number of carbonyl (C=O) groups is 1. The second kappa shape index (κ2) is 5.81. The summed E-state index contributed by atoms with van der Waals surface area (Å²) in [5.74, 6) is 0.543. The minimum Gasteiger partial charge on any atom is -0.507 e. The number of carbonyl (C=O) groups excluding carboxylic acids is 1. The van der Waals surface area contributed by atoms with Crippen LogP contribution in [0.4, 0.5) is 0 Å². The van der Waals surface area contributed by atoms with Gasteiger partial charge in [0, 0.05) is 11.6 Å². The Hall–Kier alpha value is -3.15. The van der Waals surface area contributed by atoms with E-state index in [-0.39, 0.29) is 40.1 Å². The third-order valence-electron chi connectivity index (χ3n) is 3.84. The van der Waals surface area contributed by atoms with Gasteiger partial charge in [0.1, 0.15) is 22.8 Å². The summed E-state index contributed by atoms with van der Waals surface area (Å²) in [7, 11) is 2.88. The highest BCUT2D eigenvalue weighted by molar-refractivity contribution is 6.16. The average Bonchev–Trinajstić information content (AvgIpc) is 2.85. The molecule has 1 heterocycles. The van der Waals surface area contributed by atoms with Gasteiger partial charge in [-0.3, -0.25) is 4.79 Å². The number of Topliss-reactive ketones (excluding diaryl/α,β-unsaturated/α-hetero) is 1. The van der Waals surface area contributed by atoms with Crippen LogP contribution in [0.15, 0.2) is 30.0 Å². The Labute approximate surface area is 138 Å². The van der Waals surface area contributed by atoms with E-state index in [0.717, 1.165) is 0 Å². The second-order valence-corrected chi connectivity index (χ2v) is 5.30. The number of fused-ring (bicyclic) bond motifs is 1. The van der Waals surface area contributed by atoms with Crippen molar-refractivity contribution in [3.8, 4) is 28.7 Å². The van der Waals surface area contributed by atoms with E-state index in [1.165, 1.54) is 32.4 Å². The van der Waals surface area contributed by atoms with Gasteiger partial charge in [-0.25, -0.2) is 0 Å². The fourth-order valence-electron chi connectivity index (χ4n) is 2.60. The third kappa shape index (κ3) is 2.42. The molecule has 0 saturated carbocycles. The predicted octanol–water partition coefficient (Wildman–Crippen LogP) is 3.04. The molecule has 0 radical (unpaired) electrons. The van der Waals surface area contributed by atoms with Crippen molar-refractivity contribution in [2.24, 2.45) is 0 Å². The molecule has 2 N–H and O–H groups in total. The maximum atomic E-state index is 12.6. The molecule has 6 nitrogen and oxygen atoms in total. The molecule has 124 valence electrons. The lowest BCUT2D eigenvalue weighted by molar-refractivity contribution is 0.101. The average molecular weight is 328 g/mol. The molecule has 0 unspecified atom stereocenters. The Bertz CT molecular complexity index is 866. The van der Waals surface area contributed by atoms with Crippen LogP contribution in [0.2, 0.25) is 0 Å². The minimum absolute atomic E-state index is 0.0123. The Balaban J connectivity index is 2.04. The van der Waals surface area contributed by atoms with Gasteiger partial charge in [0.2, 0.25) is 5.78 Å². The highest BCUT2D eigenvalue weighted by atomic mass is 16.5. The van der Waals surface area contributed by atoms with Crippen LogP contribution in [-0.2, 0) is 0 Å². The van der Waals surface area contributed by atoms with Gasteiger partial charge in [-0.05, 0) is 30.7 Å². The first-order chi connectivity index (χ1) is 11.5. The molecule has 3 rings (SSSR count). The molecule has 0 aromatic heterocycles. The van der Waals surface area contributed by atoms with Crippen LogP contribution >= 0.6 is 0 Å². The Morgan fingerprint density at radius 3 is 2.46 bits per heavy atom. The third-order valence-corrected chi connectivity index (χ3v) is 3.84. The molecule has 2 aromatic carbocycles. The van der Waals surface area contributed by atoms with Crippen molar-refractivity contribution in [1.29, 1.82) is 0 Å². The summed E-state index contributed by atoms with van der Waals surface area (Å²) in [6, 6.07) is 6.12. The summed E-state index contributed by atoms with van der Waals surface area (Å²) in [6.07, 6.45) is 1.51. The van der Waals surface area contributed by atoms with Gasteiger partial charge >= 0.3 is 0 Å². The maximum Gasteiger partial charge on any atom is 0.235 e. The number of ether oxygens (including phenoxy) is 3. The molecular weight excluding hydrogens is 312 g/mol. The van der Waals surface area contributed by atoms with Gasteiger partial charge < -0.3 is 24.4 Å². The van der Waals surface area contributed by atoms with Crippen molar-refractivity contribution in [2.75, 3.05) is 14.2 Å². The summed E-state index contributed by atoms with van der Waals surface area (Å²) in [6.45, 7) is 1.66. The van der Waals surface area contributed by atoms with Crippen LogP contribution in [0.3, 0.4) is 0 Å². The zero-order valence-electron chi connectivity index (χ0n) is 13.4. The molecule has 24 heavy (non-hydrogen) atoms. The topological polar surface area (TPSA) is 85.2 Å². The molecular formula is C18H16O6. The number of methoxy groups -OCH3 is 2. The van der Waals surface area contributed by atoms with Crippen LogP contribution < -0.4 is 14.2 Å². The second-order valence-electron chi connectivity index (χ2n) is 5.30. The fraction of sp³-hybridized carbons (Fsp3) is 0.167. The quantitative estimate of drug-likeness (QED) is 0.843. The Morgan fingerprint density at radius 1 is 1.08 bits per heavy atom. The van der Waals surface area contributed by atoms with Crippen LogP contribution in [0.5, 0.6) is 28.7 Å². The van der Waals surface area contributed by atoms with Gasteiger partial charge in [-0.15, -0.1) is 0 Å². The molecule has 0 saturated heterocycles. The van der Waals surface area contributed by atoms with E-state index >= 15 is 0 Å². The number of rotatable bonds is 3. The number of allylic oxidation sites excluding steroid dienone is 1. The number of phenolic OH excluding ortho intramolecular Hbond substituents is 2. The van der Waals surface area contributed by atoms with Crippen molar-refractivity contribution in [2.45, 2.75) is 6.92 Å². The van der Waals surface area contributed by atoms with Crippen molar-refractivity contribution in [3.63, 3.8) is 0 Å². The molecule has 0 fully saturated rings. The van der Waals surface area contributed by atoms with Gasteiger partial charge in [0.25, 0.3) is 0 Å². The van der Waals surface area contributed by atoms with Gasteiger partial charge in [-0.2, -0.15) is 0 Å². The van der Waals surface area contributed by atoms with E-state index in [2.05, 4.69) is 0 Å². The molecule has 2 aromatic rings. The van der Waals surface area contributed by atoms with Crippen molar-refractivity contribution in [1.82, 2.24) is 0 Å². The smallest absolute Gasteiger partial charge is 0.235 e. The predicted molar refractivity (Wildman–Crippen MR) is 87.0 cm³/mol. The summed E-state index contributed by atoms with van der Waals surface area (Å²) < 4.78 is 15.8. The first-order valence-electron chi connectivity index (χ1n) is 7.18. The van der Waals surface area contributed by atoms with Crippen LogP contribution in [-0.4, -0.2) is 30.2 Å². The van der Waals surface area contributed by atoms with Crippen LogP contribution in [0.25, 0.3) is 6.08 Å². The first kappa shape index (κ1) is 15.7. The van der Waals surface area contributed by atoms with E-state index < -0.39 is 0 Å².